The van der Waals surface area contributed by atoms with E-state index in [2.05, 4.69) is 0 Å². The predicted molar refractivity (Wildman–Crippen MR) is 66.3 cm³/mol. The molecule has 0 radical (unpaired) electrons. The number of hydrogen-bond donors (Lipinski definition) is 1. The second kappa shape index (κ2) is 6.86. The number of carboxylic acids is 1. The molecule has 1 aromatic rings. The van der Waals surface area contributed by atoms with Crippen LogP contribution < -0.4 is 9.47 Å². The molecule has 1 aromatic carbocycles. The van der Waals surface area contributed by atoms with Crippen molar-refractivity contribution >= 4 is 5.97 Å². The fourth-order valence-corrected chi connectivity index (χ4v) is 1.66. The first kappa shape index (κ1) is 14.3. The third-order valence-electron chi connectivity index (χ3n) is 2.54. The average molecular weight is 254 g/mol. The molecule has 0 aliphatic rings. The average Bonchev–Trinajstić information content (AvgIpc) is 2.37. The fourth-order valence-electron chi connectivity index (χ4n) is 1.66. The van der Waals surface area contributed by atoms with Gasteiger partial charge >= 0.3 is 5.97 Å². The molecule has 0 fully saturated rings. The van der Waals surface area contributed by atoms with Gasteiger partial charge in [0, 0.05) is 18.6 Å². The molecule has 0 spiro atoms. The van der Waals surface area contributed by atoms with Gasteiger partial charge in [-0.1, -0.05) is 0 Å². The first-order valence-electron chi connectivity index (χ1n) is 5.67. The monoisotopic (exact) mass is 254 g/mol. The minimum Gasteiger partial charge on any atom is -0.497 e. The number of aliphatic carboxylic acids is 1. The molecule has 0 unspecified atom stereocenters. The third-order valence-corrected chi connectivity index (χ3v) is 2.54. The zero-order chi connectivity index (χ0) is 13.5. The van der Waals surface area contributed by atoms with Gasteiger partial charge in [0.25, 0.3) is 0 Å². The van der Waals surface area contributed by atoms with E-state index in [1.54, 1.807) is 39.3 Å². The Morgan fingerprint density at radius 3 is 2.56 bits per heavy atom. The molecule has 0 bridgehead atoms. The Morgan fingerprint density at radius 1 is 1.33 bits per heavy atom. The zero-order valence-electron chi connectivity index (χ0n) is 10.8. The van der Waals surface area contributed by atoms with E-state index in [4.69, 9.17) is 19.3 Å². The van der Waals surface area contributed by atoms with Gasteiger partial charge in [-0.15, -0.1) is 0 Å². The van der Waals surface area contributed by atoms with E-state index >= 15 is 0 Å². The van der Waals surface area contributed by atoms with Crippen molar-refractivity contribution in [3.8, 4) is 11.5 Å². The Balaban J connectivity index is 2.95. The van der Waals surface area contributed by atoms with E-state index in [0.717, 1.165) is 5.56 Å². The van der Waals surface area contributed by atoms with Crippen molar-refractivity contribution in [2.45, 2.75) is 19.4 Å². The number of rotatable bonds is 7. The van der Waals surface area contributed by atoms with Crippen molar-refractivity contribution in [3.63, 3.8) is 0 Å². The molecule has 5 nitrogen and oxygen atoms in total. The number of methoxy groups -OCH3 is 2. The third kappa shape index (κ3) is 3.63. The van der Waals surface area contributed by atoms with Gasteiger partial charge in [-0.25, -0.2) is 4.79 Å². The summed E-state index contributed by atoms with van der Waals surface area (Å²) < 4.78 is 15.5. The second-order valence-corrected chi connectivity index (χ2v) is 3.66. The minimum absolute atomic E-state index is 0.240. The molecule has 0 aromatic heterocycles. The summed E-state index contributed by atoms with van der Waals surface area (Å²) in [4.78, 5) is 11.1. The Labute approximate surface area is 106 Å². The molecule has 0 amide bonds. The van der Waals surface area contributed by atoms with Crippen molar-refractivity contribution in [1.29, 1.82) is 0 Å². The van der Waals surface area contributed by atoms with E-state index in [1.165, 1.54) is 0 Å². The molecule has 1 atom stereocenters. The van der Waals surface area contributed by atoms with Crippen molar-refractivity contribution in [2.24, 2.45) is 0 Å². The molecule has 0 heterocycles. The predicted octanol–water partition coefficient (Wildman–Crippen LogP) is 1.74. The van der Waals surface area contributed by atoms with Crippen LogP contribution in [-0.2, 0) is 16.0 Å². The highest BCUT2D eigenvalue weighted by atomic mass is 16.5. The highest BCUT2D eigenvalue weighted by molar-refractivity contribution is 5.73. The lowest BCUT2D eigenvalue weighted by atomic mass is 10.1. The zero-order valence-corrected chi connectivity index (χ0v) is 10.8. The van der Waals surface area contributed by atoms with Crippen LogP contribution >= 0.6 is 0 Å². The Hall–Kier alpha value is -1.75. The summed E-state index contributed by atoms with van der Waals surface area (Å²) in [5.74, 6) is 0.301. The number of benzene rings is 1. The van der Waals surface area contributed by atoms with E-state index < -0.39 is 12.1 Å². The number of carboxylic acid groups (broad SMARTS) is 1. The van der Waals surface area contributed by atoms with Gasteiger partial charge in [0.15, 0.2) is 6.10 Å². The van der Waals surface area contributed by atoms with Gasteiger partial charge in [0.05, 0.1) is 14.2 Å². The maximum atomic E-state index is 11.1. The fraction of sp³-hybridized carbons (Fsp3) is 0.462. The van der Waals surface area contributed by atoms with Crippen LogP contribution in [0.25, 0.3) is 0 Å². The number of ether oxygens (including phenoxy) is 3. The summed E-state index contributed by atoms with van der Waals surface area (Å²) in [7, 11) is 3.10. The minimum atomic E-state index is -0.985. The molecular weight excluding hydrogens is 236 g/mol. The summed E-state index contributed by atoms with van der Waals surface area (Å²) in [5.41, 5.74) is 0.748. The van der Waals surface area contributed by atoms with Crippen LogP contribution in [0.1, 0.15) is 12.5 Å². The molecule has 0 saturated heterocycles. The van der Waals surface area contributed by atoms with Crippen LogP contribution in [0, 0.1) is 0 Å². The van der Waals surface area contributed by atoms with Crippen molar-refractivity contribution < 1.29 is 24.1 Å². The molecule has 0 aliphatic carbocycles. The molecule has 100 valence electrons. The second-order valence-electron chi connectivity index (χ2n) is 3.66. The smallest absolute Gasteiger partial charge is 0.333 e. The Kier molecular flexibility index (Phi) is 5.45. The SMILES string of the molecule is CCO[C@@H](Cc1cc(OC)ccc1OC)C(=O)O. The molecule has 1 N–H and O–H groups in total. The lowest BCUT2D eigenvalue weighted by Gasteiger charge is -2.15. The maximum Gasteiger partial charge on any atom is 0.333 e. The van der Waals surface area contributed by atoms with Crippen LogP contribution in [0.2, 0.25) is 0 Å². The molecule has 1 rings (SSSR count). The van der Waals surface area contributed by atoms with Crippen LogP contribution in [0.4, 0.5) is 0 Å². The lowest BCUT2D eigenvalue weighted by Crippen LogP contribution is -2.26. The van der Waals surface area contributed by atoms with Gasteiger partial charge < -0.3 is 19.3 Å². The van der Waals surface area contributed by atoms with Gasteiger partial charge in [-0.05, 0) is 25.1 Å². The maximum absolute atomic E-state index is 11.1. The quantitative estimate of drug-likeness (QED) is 0.802. The summed E-state index contributed by atoms with van der Waals surface area (Å²) in [6, 6.07) is 5.27. The molecule has 0 saturated carbocycles. The molecule has 0 aliphatic heterocycles. The van der Waals surface area contributed by atoms with E-state index in [0.29, 0.717) is 18.1 Å². The summed E-state index contributed by atoms with van der Waals surface area (Å²) in [5, 5.41) is 9.06. The van der Waals surface area contributed by atoms with Gasteiger partial charge in [0.2, 0.25) is 0 Å². The van der Waals surface area contributed by atoms with Gasteiger partial charge in [0.1, 0.15) is 11.5 Å². The van der Waals surface area contributed by atoms with Crippen molar-refractivity contribution in [3.05, 3.63) is 23.8 Å². The van der Waals surface area contributed by atoms with Gasteiger partial charge in [-0.2, -0.15) is 0 Å². The van der Waals surface area contributed by atoms with E-state index in [1.807, 2.05) is 0 Å². The van der Waals surface area contributed by atoms with Crippen LogP contribution in [0.3, 0.4) is 0 Å². The van der Waals surface area contributed by atoms with E-state index in [9.17, 15) is 4.79 Å². The molecule has 5 heteroatoms. The van der Waals surface area contributed by atoms with Crippen LogP contribution in [0.5, 0.6) is 11.5 Å². The number of hydrogen-bond acceptors (Lipinski definition) is 4. The standard InChI is InChI=1S/C13H18O5/c1-4-18-12(13(14)15)8-9-7-10(16-2)5-6-11(9)17-3/h5-7,12H,4,8H2,1-3H3,(H,14,15)/t12-/m0/s1. The highest BCUT2D eigenvalue weighted by Crippen LogP contribution is 2.25. The van der Waals surface area contributed by atoms with E-state index in [-0.39, 0.29) is 6.42 Å². The summed E-state index contributed by atoms with van der Waals surface area (Å²) in [6.45, 7) is 2.11. The van der Waals surface area contributed by atoms with Crippen molar-refractivity contribution in [2.75, 3.05) is 20.8 Å². The van der Waals surface area contributed by atoms with Crippen molar-refractivity contribution in [1.82, 2.24) is 0 Å². The first-order valence-corrected chi connectivity index (χ1v) is 5.67. The first-order chi connectivity index (χ1) is 8.62. The largest absolute Gasteiger partial charge is 0.497 e. The summed E-state index contributed by atoms with van der Waals surface area (Å²) >= 11 is 0. The summed E-state index contributed by atoms with van der Waals surface area (Å²) in [6.07, 6.45) is -0.639. The molecular formula is C13H18O5. The molecule has 18 heavy (non-hydrogen) atoms. The van der Waals surface area contributed by atoms with Crippen LogP contribution in [0.15, 0.2) is 18.2 Å². The normalized spacial score (nSPS) is 11.9. The topological polar surface area (TPSA) is 65.0 Å². The van der Waals surface area contributed by atoms with Gasteiger partial charge in [-0.3, -0.25) is 0 Å². The highest BCUT2D eigenvalue weighted by Gasteiger charge is 2.20. The Bertz CT molecular complexity index is 402. The Morgan fingerprint density at radius 2 is 2.06 bits per heavy atom. The lowest BCUT2D eigenvalue weighted by molar-refractivity contribution is -0.149. The number of carbonyl (C=O) groups is 1. The van der Waals surface area contributed by atoms with Crippen LogP contribution in [-0.4, -0.2) is 38.0 Å².